The van der Waals surface area contributed by atoms with Crippen molar-refractivity contribution >= 4 is 29.0 Å². The van der Waals surface area contributed by atoms with Gasteiger partial charge in [-0.15, -0.1) is 11.3 Å². The predicted octanol–water partition coefficient (Wildman–Crippen LogP) is 2.78. The van der Waals surface area contributed by atoms with Crippen LogP contribution in [-0.2, 0) is 6.54 Å². The fourth-order valence-electron chi connectivity index (χ4n) is 1.78. The third-order valence-electron chi connectivity index (χ3n) is 2.71. The molecule has 1 aromatic carbocycles. The average molecular weight is 305 g/mol. The molecule has 3 N–H and O–H groups in total. The summed E-state index contributed by atoms with van der Waals surface area (Å²) in [5, 5.41) is 14.9. The number of nitrogens with zero attached hydrogens (tertiary/aromatic N) is 1. The fraction of sp³-hybridized carbons (Fsp3) is 0.214. The van der Waals surface area contributed by atoms with Gasteiger partial charge in [0, 0.05) is 5.69 Å². The molecule has 0 fully saturated rings. The van der Waals surface area contributed by atoms with Gasteiger partial charge in [-0.3, -0.25) is 0 Å². The third-order valence-corrected chi connectivity index (χ3v) is 3.86. The molecule has 1 heterocycles. The van der Waals surface area contributed by atoms with Gasteiger partial charge in [-0.25, -0.2) is 14.6 Å². The minimum atomic E-state index is -1.000. The quantitative estimate of drug-likeness (QED) is 0.810. The molecule has 21 heavy (non-hydrogen) atoms. The number of carboxylic acids is 1. The number of urea groups is 1. The van der Waals surface area contributed by atoms with Crippen LogP contribution in [0.2, 0.25) is 0 Å². The number of aryl methyl sites for hydroxylation is 2. The van der Waals surface area contributed by atoms with Crippen LogP contribution in [0.5, 0.6) is 0 Å². The van der Waals surface area contributed by atoms with Gasteiger partial charge in [-0.2, -0.15) is 0 Å². The van der Waals surface area contributed by atoms with Gasteiger partial charge in [0.05, 0.1) is 12.2 Å². The zero-order valence-corrected chi connectivity index (χ0v) is 12.5. The van der Waals surface area contributed by atoms with E-state index in [1.54, 1.807) is 13.0 Å². The molecule has 0 saturated carbocycles. The number of aromatic nitrogens is 1. The van der Waals surface area contributed by atoms with E-state index in [1.165, 1.54) is 0 Å². The van der Waals surface area contributed by atoms with Crippen LogP contribution in [0.25, 0.3) is 0 Å². The summed E-state index contributed by atoms with van der Waals surface area (Å²) in [7, 11) is 0. The van der Waals surface area contributed by atoms with Crippen LogP contribution in [0.3, 0.4) is 0 Å². The van der Waals surface area contributed by atoms with Crippen molar-refractivity contribution < 1.29 is 14.7 Å². The number of thiazole rings is 1. The molecule has 7 heteroatoms. The number of benzene rings is 1. The van der Waals surface area contributed by atoms with E-state index in [-0.39, 0.29) is 17.5 Å². The molecule has 2 rings (SSSR count). The van der Waals surface area contributed by atoms with E-state index in [0.29, 0.717) is 16.4 Å². The third kappa shape index (κ3) is 4.03. The lowest BCUT2D eigenvalue weighted by Crippen LogP contribution is -2.28. The summed E-state index contributed by atoms with van der Waals surface area (Å²) >= 11 is 1.07. The minimum Gasteiger partial charge on any atom is -0.477 e. The van der Waals surface area contributed by atoms with Gasteiger partial charge in [-0.05, 0) is 31.5 Å². The van der Waals surface area contributed by atoms with Crippen molar-refractivity contribution in [2.75, 3.05) is 5.32 Å². The highest BCUT2D eigenvalue weighted by molar-refractivity contribution is 7.13. The first-order chi connectivity index (χ1) is 9.95. The molecule has 6 nitrogen and oxygen atoms in total. The number of carbonyl (C=O) groups excluding carboxylic acids is 1. The van der Waals surface area contributed by atoms with Crippen molar-refractivity contribution in [3.8, 4) is 0 Å². The van der Waals surface area contributed by atoms with Crippen molar-refractivity contribution in [3.05, 3.63) is 45.4 Å². The Balaban J connectivity index is 1.92. The Bertz CT molecular complexity index is 682. The zero-order chi connectivity index (χ0) is 15.4. The maximum atomic E-state index is 11.8. The Labute approximate surface area is 125 Å². The topological polar surface area (TPSA) is 91.3 Å². The lowest BCUT2D eigenvalue weighted by molar-refractivity contribution is 0.0701. The summed E-state index contributed by atoms with van der Waals surface area (Å²) in [6, 6.07) is 7.09. The maximum Gasteiger partial charge on any atom is 0.347 e. The average Bonchev–Trinajstić information content (AvgIpc) is 2.78. The number of hydrogen-bond acceptors (Lipinski definition) is 4. The van der Waals surface area contributed by atoms with Gasteiger partial charge in [0.25, 0.3) is 0 Å². The van der Waals surface area contributed by atoms with Crippen LogP contribution in [0.4, 0.5) is 10.5 Å². The van der Waals surface area contributed by atoms with Crippen molar-refractivity contribution in [2.24, 2.45) is 0 Å². The Morgan fingerprint density at radius 1 is 1.33 bits per heavy atom. The van der Waals surface area contributed by atoms with E-state index in [9.17, 15) is 9.59 Å². The van der Waals surface area contributed by atoms with Crippen LogP contribution in [0, 0.1) is 13.8 Å². The number of hydrogen-bond donors (Lipinski definition) is 3. The second-order valence-corrected chi connectivity index (χ2v) is 5.59. The van der Waals surface area contributed by atoms with Crippen LogP contribution in [-0.4, -0.2) is 22.1 Å². The summed E-state index contributed by atoms with van der Waals surface area (Å²) in [6.45, 7) is 3.77. The summed E-state index contributed by atoms with van der Waals surface area (Å²) in [4.78, 5) is 27.0. The van der Waals surface area contributed by atoms with Crippen molar-refractivity contribution in [1.29, 1.82) is 0 Å². The maximum absolute atomic E-state index is 11.8. The van der Waals surface area contributed by atoms with E-state index >= 15 is 0 Å². The number of rotatable bonds is 4. The smallest absolute Gasteiger partial charge is 0.347 e. The second-order valence-electron chi connectivity index (χ2n) is 4.50. The van der Waals surface area contributed by atoms with Gasteiger partial charge in [0.2, 0.25) is 0 Å². The molecule has 0 spiro atoms. The first kappa shape index (κ1) is 15.0. The molecule has 0 aliphatic rings. The number of anilines is 1. The number of carbonyl (C=O) groups is 2. The monoisotopic (exact) mass is 305 g/mol. The Morgan fingerprint density at radius 2 is 2.10 bits per heavy atom. The molecule has 0 aliphatic carbocycles. The highest BCUT2D eigenvalue weighted by atomic mass is 32.1. The van der Waals surface area contributed by atoms with Crippen LogP contribution < -0.4 is 10.6 Å². The molecular weight excluding hydrogens is 290 g/mol. The van der Waals surface area contributed by atoms with E-state index in [1.807, 2.05) is 25.1 Å². The van der Waals surface area contributed by atoms with Crippen LogP contribution >= 0.6 is 11.3 Å². The highest BCUT2D eigenvalue weighted by Gasteiger charge is 2.14. The molecule has 2 amide bonds. The van der Waals surface area contributed by atoms with E-state index in [0.717, 1.165) is 16.9 Å². The summed E-state index contributed by atoms with van der Waals surface area (Å²) < 4.78 is 0. The van der Waals surface area contributed by atoms with Gasteiger partial charge in [-0.1, -0.05) is 12.1 Å². The minimum absolute atomic E-state index is 0.191. The van der Waals surface area contributed by atoms with Crippen LogP contribution in [0.1, 0.15) is 25.9 Å². The summed E-state index contributed by atoms with van der Waals surface area (Å²) in [5.41, 5.74) is 2.21. The molecule has 2 aromatic rings. The van der Waals surface area contributed by atoms with Crippen molar-refractivity contribution in [3.63, 3.8) is 0 Å². The number of amides is 2. The number of aromatic carboxylic acids is 1. The number of nitrogens with one attached hydrogen (secondary N) is 2. The van der Waals surface area contributed by atoms with Gasteiger partial charge >= 0.3 is 12.0 Å². The lowest BCUT2D eigenvalue weighted by atomic mass is 10.2. The molecular formula is C14H15N3O3S. The molecule has 110 valence electrons. The molecule has 0 unspecified atom stereocenters. The molecule has 0 radical (unpaired) electrons. The van der Waals surface area contributed by atoms with E-state index < -0.39 is 5.97 Å². The second kappa shape index (κ2) is 6.36. The standard InChI is InChI=1S/C14H15N3O3S/c1-8-4-3-5-10(6-8)17-14(20)15-7-11-16-9(2)12(21-11)13(18)19/h3-6H,7H2,1-2H3,(H,18,19)(H2,15,17,20). The highest BCUT2D eigenvalue weighted by Crippen LogP contribution is 2.17. The van der Waals surface area contributed by atoms with E-state index in [2.05, 4.69) is 15.6 Å². The van der Waals surface area contributed by atoms with Gasteiger partial charge in [0.1, 0.15) is 9.88 Å². The lowest BCUT2D eigenvalue weighted by Gasteiger charge is -2.06. The fourth-order valence-corrected chi connectivity index (χ4v) is 2.62. The summed E-state index contributed by atoms with van der Waals surface area (Å²) in [6.07, 6.45) is 0. The summed E-state index contributed by atoms with van der Waals surface area (Å²) in [5.74, 6) is -1.000. The molecule has 0 saturated heterocycles. The Morgan fingerprint density at radius 3 is 2.71 bits per heavy atom. The Kier molecular flexibility index (Phi) is 4.54. The molecule has 0 atom stereocenters. The van der Waals surface area contributed by atoms with Gasteiger partial charge in [0.15, 0.2) is 0 Å². The van der Waals surface area contributed by atoms with Gasteiger partial charge < -0.3 is 15.7 Å². The zero-order valence-electron chi connectivity index (χ0n) is 11.6. The first-order valence-electron chi connectivity index (χ1n) is 6.27. The Hall–Kier alpha value is -2.41. The largest absolute Gasteiger partial charge is 0.477 e. The van der Waals surface area contributed by atoms with Crippen molar-refractivity contribution in [1.82, 2.24) is 10.3 Å². The van der Waals surface area contributed by atoms with Crippen molar-refractivity contribution in [2.45, 2.75) is 20.4 Å². The predicted molar refractivity (Wildman–Crippen MR) is 80.8 cm³/mol. The first-order valence-corrected chi connectivity index (χ1v) is 7.08. The molecule has 0 aliphatic heterocycles. The normalized spacial score (nSPS) is 10.2. The SMILES string of the molecule is Cc1cccc(NC(=O)NCc2nc(C)c(C(=O)O)s2)c1. The molecule has 1 aromatic heterocycles. The van der Waals surface area contributed by atoms with Crippen LogP contribution in [0.15, 0.2) is 24.3 Å². The number of carboxylic acid groups (broad SMARTS) is 1. The molecule has 0 bridgehead atoms. The van der Waals surface area contributed by atoms with E-state index in [4.69, 9.17) is 5.11 Å².